The zero-order valence-corrected chi connectivity index (χ0v) is 11.3. The Kier molecular flexibility index (Phi) is 3.19. The highest BCUT2D eigenvalue weighted by Gasteiger charge is 2.48. The number of carbonyl (C=O) groups is 2. The average molecular weight is 295 g/mol. The molecular formula is C11H9N3O3S2. The second kappa shape index (κ2) is 4.86. The molecule has 98 valence electrons. The van der Waals surface area contributed by atoms with Gasteiger partial charge in [0.15, 0.2) is 0 Å². The Bertz CT molecular complexity index is 576. The fourth-order valence-electron chi connectivity index (χ4n) is 1.93. The monoisotopic (exact) mass is 295 g/mol. The van der Waals surface area contributed by atoms with Crippen LogP contribution in [0.3, 0.4) is 0 Å². The van der Waals surface area contributed by atoms with Crippen molar-refractivity contribution in [3.8, 4) is 0 Å². The van der Waals surface area contributed by atoms with Gasteiger partial charge < -0.3 is 5.11 Å². The van der Waals surface area contributed by atoms with Gasteiger partial charge in [-0.15, -0.1) is 11.8 Å². The van der Waals surface area contributed by atoms with Gasteiger partial charge in [-0.1, -0.05) is 11.8 Å². The first-order chi connectivity index (χ1) is 9.16. The smallest absolute Gasteiger partial charge is 0.353 e. The van der Waals surface area contributed by atoms with Crippen LogP contribution in [0.1, 0.15) is 6.42 Å². The molecule has 1 atom stereocenters. The number of aromatic nitrogens is 2. The molecule has 2 aliphatic rings. The standard InChI is InChI=1S/C11H9N3O3S2/c15-8-3-9-14(8)10(11(16)17)6(19-9)5-18-7-4-12-1-2-13-7/h1-2,4,9H,3,5H2,(H,16,17)/t9-/m1/s1. The number of fused-ring (bicyclic) bond motifs is 1. The molecule has 2 aliphatic heterocycles. The Labute approximate surface area is 117 Å². The lowest BCUT2D eigenvalue weighted by molar-refractivity contribution is -0.145. The number of β-lactam (4-membered cyclic amide) rings is 1. The maximum Gasteiger partial charge on any atom is 0.353 e. The predicted octanol–water partition coefficient (Wildman–Crippen LogP) is 1.17. The normalized spacial score (nSPS) is 21.4. The number of nitrogens with zero attached hydrogens (tertiary/aromatic N) is 3. The number of hydrogen-bond donors (Lipinski definition) is 1. The summed E-state index contributed by atoms with van der Waals surface area (Å²) in [6, 6.07) is 0. The molecule has 1 aromatic rings. The van der Waals surface area contributed by atoms with E-state index in [-0.39, 0.29) is 17.0 Å². The molecular weight excluding hydrogens is 286 g/mol. The van der Waals surface area contributed by atoms with Crippen molar-refractivity contribution in [3.63, 3.8) is 0 Å². The van der Waals surface area contributed by atoms with E-state index in [1.165, 1.54) is 28.4 Å². The first-order valence-electron chi connectivity index (χ1n) is 5.51. The molecule has 0 bridgehead atoms. The Hall–Kier alpha value is -1.54. The van der Waals surface area contributed by atoms with Crippen molar-refractivity contribution in [3.05, 3.63) is 29.2 Å². The number of thioether (sulfide) groups is 2. The largest absolute Gasteiger partial charge is 0.477 e. The van der Waals surface area contributed by atoms with Crippen LogP contribution in [0, 0.1) is 0 Å². The van der Waals surface area contributed by atoms with Crippen LogP contribution in [0.2, 0.25) is 0 Å². The van der Waals surface area contributed by atoms with Gasteiger partial charge >= 0.3 is 5.97 Å². The van der Waals surface area contributed by atoms with Crippen molar-refractivity contribution < 1.29 is 14.7 Å². The molecule has 6 nitrogen and oxygen atoms in total. The van der Waals surface area contributed by atoms with Crippen molar-refractivity contribution in [2.75, 3.05) is 5.75 Å². The van der Waals surface area contributed by atoms with E-state index < -0.39 is 5.97 Å². The van der Waals surface area contributed by atoms with Gasteiger partial charge in [0.1, 0.15) is 10.7 Å². The fourth-order valence-corrected chi connectivity index (χ4v) is 4.24. The van der Waals surface area contributed by atoms with E-state index in [0.29, 0.717) is 12.2 Å². The van der Waals surface area contributed by atoms with E-state index >= 15 is 0 Å². The number of aliphatic carboxylic acids is 1. The molecule has 0 radical (unpaired) electrons. The minimum Gasteiger partial charge on any atom is -0.477 e. The number of amides is 1. The van der Waals surface area contributed by atoms with Crippen molar-refractivity contribution in [2.45, 2.75) is 16.8 Å². The molecule has 0 saturated carbocycles. The zero-order chi connectivity index (χ0) is 13.4. The third-order valence-electron chi connectivity index (χ3n) is 2.78. The highest BCUT2D eigenvalue weighted by atomic mass is 32.2. The SMILES string of the molecule is O=C(O)C1=C(CSc2cnccn2)S[C@@H]2CC(=O)N12. The Morgan fingerprint density at radius 3 is 3.05 bits per heavy atom. The second-order valence-corrected chi connectivity index (χ2v) is 6.22. The summed E-state index contributed by atoms with van der Waals surface area (Å²) >= 11 is 2.87. The van der Waals surface area contributed by atoms with Crippen LogP contribution in [0.25, 0.3) is 0 Å². The van der Waals surface area contributed by atoms with Gasteiger partial charge in [0.25, 0.3) is 0 Å². The Morgan fingerprint density at radius 2 is 2.42 bits per heavy atom. The Morgan fingerprint density at radius 1 is 1.58 bits per heavy atom. The van der Waals surface area contributed by atoms with Gasteiger partial charge in [0, 0.05) is 23.1 Å². The summed E-state index contributed by atoms with van der Waals surface area (Å²) in [6.07, 6.45) is 5.22. The number of rotatable bonds is 4. The topological polar surface area (TPSA) is 83.4 Å². The van der Waals surface area contributed by atoms with Gasteiger partial charge in [-0.05, 0) is 0 Å². The molecule has 0 unspecified atom stereocenters. The molecule has 3 rings (SSSR count). The van der Waals surface area contributed by atoms with Crippen LogP contribution in [0.5, 0.6) is 0 Å². The van der Waals surface area contributed by atoms with Crippen molar-refractivity contribution in [1.29, 1.82) is 0 Å². The molecule has 3 heterocycles. The molecule has 0 aliphatic carbocycles. The summed E-state index contributed by atoms with van der Waals surface area (Å²) in [7, 11) is 0. The third kappa shape index (κ3) is 2.21. The molecule has 0 spiro atoms. The van der Waals surface area contributed by atoms with Gasteiger partial charge in [-0.25, -0.2) is 9.78 Å². The predicted molar refractivity (Wildman–Crippen MR) is 70.3 cm³/mol. The fraction of sp³-hybridized carbons (Fsp3) is 0.273. The van der Waals surface area contributed by atoms with E-state index in [1.807, 2.05) is 0 Å². The van der Waals surface area contributed by atoms with Gasteiger partial charge in [0.2, 0.25) is 5.91 Å². The Balaban J connectivity index is 1.77. The molecule has 1 N–H and O–H groups in total. The third-order valence-corrected chi connectivity index (χ3v) is 5.18. The molecule has 1 saturated heterocycles. The summed E-state index contributed by atoms with van der Waals surface area (Å²) in [5.74, 6) is -0.669. The van der Waals surface area contributed by atoms with Crippen LogP contribution < -0.4 is 0 Å². The number of carbonyl (C=O) groups excluding carboxylic acids is 1. The molecule has 1 fully saturated rings. The first-order valence-corrected chi connectivity index (χ1v) is 7.37. The first kappa shape index (κ1) is 12.5. The second-order valence-electron chi connectivity index (χ2n) is 3.95. The summed E-state index contributed by atoms with van der Waals surface area (Å²) in [4.78, 5) is 32.9. The summed E-state index contributed by atoms with van der Waals surface area (Å²) in [5, 5.41) is 9.92. The van der Waals surface area contributed by atoms with Gasteiger partial charge in [0.05, 0.1) is 18.0 Å². The highest BCUT2D eigenvalue weighted by Crippen LogP contribution is 2.47. The maximum atomic E-state index is 11.4. The maximum absolute atomic E-state index is 11.4. The minimum absolute atomic E-state index is 0.0314. The van der Waals surface area contributed by atoms with Crippen molar-refractivity contribution in [2.24, 2.45) is 0 Å². The van der Waals surface area contributed by atoms with E-state index in [1.54, 1.807) is 18.6 Å². The van der Waals surface area contributed by atoms with E-state index in [4.69, 9.17) is 0 Å². The highest BCUT2D eigenvalue weighted by molar-refractivity contribution is 8.06. The lowest BCUT2D eigenvalue weighted by Crippen LogP contribution is -2.48. The lowest BCUT2D eigenvalue weighted by Gasteiger charge is -2.33. The molecule has 1 aromatic heterocycles. The van der Waals surface area contributed by atoms with Gasteiger partial charge in [-0.2, -0.15) is 0 Å². The number of hydrogen-bond acceptors (Lipinski definition) is 6. The molecule has 1 amide bonds. The quantitative estimate of drug-likeness (QED) is 0.659. The van der Waals surface area contributed by atoms with Crippen molar-refractivity contribution >= 4 is 35.4 Å². The lowest BCUT2D eigenvalue weighted by atomic mass is 10.1. The summed E-state index contributed by atoms with van der Waals surface area (Å²) in [5.41, 5.74) is 0.127. The summed E-state index contributed by atoms with van der Waals surface area (Å²) < 4.78 is 0. The number of carboxylic acids is 1. The van der Waals surface area contributed by atoms with Gasteiger partial charge in [-0.3, -0.25) is 14.7 Å². The molecule has 8 heteroatoms. The van der Waals surface area contributed by atoms with Crippen LogP contribution >= 0.6 is 23.5 Å². The summed E-state index contributed by atoms with van der Waals surface area (Å²) in [6.45, 7) is 0. The van der Waals surface area contributed by atoms with Crippen LogP contribution in [0.4, 0.5) is 0 Å². The van der Waals surface area contributed by atoms with E-state index in [9.17, 15) is 14.7 Å². The van der Waals surface area contributed by atoms with E-state index in [2.05, 4.69) is 9.97 Å². The van der Waals surface area contributed by atoms with Crippen LogP contribution in [0.15, 0.2) is 34.2 Å². The van der Waals surface area contributed by atoms with Crippen molar-refractivity contribution in [1.82, 2.24) is 14.9 Å². The number of carboxylic acid groups (broad SMARTS) is 1. The average Bonchev–Trinajstić information content (AvgIpc) is 2.70. The molecule has 19 heavy (non-hydrogen) atoms. The van der Waals surface area contributed by atoms with Crippen LogP contribution in [-0.2, 0) is 9.59 Å². The minimum atomic E-state index is -1.04. The van der Waals surface area contributed by atoms with Crippen LogP contribution in [-0.4, -0.2) is 43.0 Å². The molecule has 0 aromatic carbocycles. The van der Waals surface area contributed by atoms with E-state index in [0.717, 1.165) is 9.93 Å². The zero-order valence-electron chi connectivity index (χ0n) is 9.65.